The summed E-state index contributed by atoms with van der Waals surface area (Å²) in [6, 6.07) is 0.442. The monoisotopic (exact) mass is 268 g/mol. The number of rotatable bonds is 5. The smallest absolute Gasteiger partial charge is 0.225 e. The maximum absolute atomic E-state index is 12.5. The Morgan fingerprint density at radius 2 is 2.11 bits per heavy atom. The lowest BCUT2D eigenvalue weighted by molar-refractivity contribution is -0.138. The minimum atomic E-state index is 0.174. The summed E-state index contributed by atoms with van der Waals surface area (Å²) >= 11 is 0. The SMILES string of the molecule is CNCCC1CCCCN1C(=O)CC1CCCCO1. The number of hydrogen-bond donors (Lipinski definition) is 1. The van der Waals surface area contributed by atoms with Crippen molar-refractivity contribution in [1.82, 2.24) is 10.2 Å². The Labute approximate surface area is 116 Å². The molecule has 0 bridgehead atoms. The van der Waals surface area contributed by atoms with Crippen LogP contribution in [0.25, 0.3) is 0 Å². The van der Waals surface area contributed by atoms with Crippen LogP contribution in [0.2, 0.25) is 0 Å². The number of piperidine rings is 1. The standard InChI is InChI=1S/C15H28N2O2/c1-16-9-8-13-6-2-4-10-17(13)15(18)12-14-7-3-5-11-19-14/h13-14,16H,2-12H2,1H3. The molecular formula is C15H28N2O2. The summed E-state index contributed by atoms with van der Waals surface area (Å²) in [4.78, 5) is 14.6. The number of nitrogens with one attached hydrogen (secondary N) is 1. The van der Waals surface area contributed by atoms with Crippen LogP contribution in [0.4, 0.5) is 0 Å². The predicted molar refractivity (Wildman–Crippen MR) is 76.1 cm³/mol. The van der Waals surface area contributed by atoms with Gasteiger partial charge in [-0.15, -0.1) is 0 Å². The van der Waals surface area contributed by atoms with Crippen molar-refractivity contribution in [2.45, 2.75) is 63.5 Å². The molecule has 2 aliphatic heterocycles. The van der Waals surface area contributed by atoms with Crippen molar-refractivity contribution in [2.75, 3.05) is 26.7 Å². The van der Waals surface area contributed by atoms with E-state index in [1.54, 1.807) is 0 Å². The van der Waals surface area contributed by atoms with Crippen molar-refractivity contribution in [3.8, 4) is 0 Å². The lowest BCUT2D eigenvalue weighted by atomic mass is 9.97. The lowest BCUT2D eigenvalue weighted by Gasteiger charge is -2.37. The summed E-state index contributed by atoms with van der Waals surface area (Å²) in [6.45, 7) is 2.77. The number of likely N-dealkylation sites (tertiary alicyclic amines) is 1. The van der Waals surface area contributed by atoms with Crippen molar-refractivity contribution in [2.24, 2.45) is 0 Å². The second kappa shape index (κ2) is 7.85. The molecule has 2 heterocycles. The highest BCUT2D eigenvalue weighted by Gasteiger charge is 2.28. The van der Waals surface area contributed by atoms with Crippen molar-refractivity contribution < 1.29 is 9.53 Å². The van der Waals surface area contributed by atoms with Crippen molar-refractivity contribution in [3.63, 3.8) is 0 Å². The number of carbonyl (C=O) groups excluding carboxylic acids is 1. The number of carbonyl (C=O) groups is 1. The fourth-order valence-corrected chi connectivity index (χ4v) is 3.22. The van der Waals surface area contributed by atoms with Gasteiger partial charge in [0.2, 0.25) is 5.91 Å². The third kappa shape index (κ3) is 4.46. The van der Waals surface area contributed by atoms with E-state index in [2.05, 4.69) is 10.2 Å². The molecule has 110 valence electrons. The van der Waals surface area contributed by atoms with Crippen molar-refractivity contribution in [3.05, 3.63) is 0 Å². The van der Waals surface area contributed by atoms with Crippen molar-refractivity contribution in [1.29, 1.82) is 0 Å². The van der Waals surface area contributed by atoms with Crippen LogP contribution in [-0.4, -0.2) is 49.7 Å². The maximum atomic E-state index is 12.5. The maximum Gasteiger partial charge on any atom is 0.225 e. The first-order valence-electron chi connectivity index (χ1n) is 7.87. The van der Waals surface area contributed by atoms with Gasteiger partial charge < -0.3 is 15.0 Å². The van der Waals surface area contributed by atoms with Gasteiger partial charge in [0.1, 0.15) is 0 Å². The van der Waals surface area contributed by atoms with E-state index in [1.807, 2.05) is 7.05 Å². The van der Waals surface area contributed by atoms with Gasteiger partial charge >= 0.3 is 0 Å². The van der Waals surface area contributed by atoms with Crippen LogP contribution in [-0.2, 0) is 9.53 Å². The largest absolute Gasteiger partial charge is 0.378 e. The highest BCUT2D eigenvalue weighted by molar-refractivity contribution is 5.77. The van der Waals surface area contributed by atoms with E-state index in [9.17, 15) is 4.79 Å². The highest BCUT2D eigenvalue weighted by atomic mass is 16.5. The first-order valence-corrected chi connectivity index (χ1v) is 7.87. The van der Waals surface area contributed by atoms with Gasteiger partial charge in [-0.2, -0.15) is 0 Å². The summed E-state index contributed by atoms with van der Waals surface area (Å²) in [5, 5.41) is 3.19. The first kappa shape index (κ1) is 14.8. The van der Waals surface area contributed by atoms with Crippen LogP contribution < -0.4 is 5.32 Å². The van der Waals surface area contributed by atoms with Gasteiger partial charge in [0.15, 0.2) is 0 Å². The van der Waals surface area contributed by atoms with E-state index in [0.29, 0.717) is 18.4 Å². The molecule has 2 rings (SSSR count). The van der Waals surface area contributed by atoms with E-state index in [4.69, 9.17) is 4.74 Å². The molecule has 1 amide bonds. The predicted octanol–water partition coefficient (Wildman–Crippen LogP) is 1.94. The van der Waals surface area contributed by atoms with Gasteiger partial charge in [0.25, 0.3) is 0 Å². The zero-order valence-corrected chi connectivity index (χ0v) is 12.2. The van der Waals surface area contributed by atoms with Crippen molar-refractivity contribution >= 4 is 5.91 Å². The summed E-state index contributed by atoms with van der Waals surface area (Å²) < 4.78 is 5.70. The van der Waals surface area contributed by atoms with Crippen LogP contribution in [0.5, 0.6) is 0 Å². The molecule has 2 atom stereocenters. The average Bonchev–Trinajstić information content (AvgIpc) is 2.46. The molecule has 0 aliphatic carbocycles. The lowest BCUT2D eigenvalue weighted by Crippen LogP contribution is -2.46. The van der Waals surface area contributed by atoms with E-state index >= 15 is 0 Å². The molecule has 0 saturated carbocycles. The van der Waals surface area contributed by atoms with Gasteiger partial charge in [-0.25, -0.2) is 0 Å². The summed E-state index contributed by atoms with van der Waals surface area (Å²) in [5.41, 5.74) is 0. The number of ether oxygens (including phenoxy) is 1. The molecule has 0 spiro atoms. The zero-order chi connectivity index (χ0) is 13.5. The van der Waals surface area contributed by atoms with Gasteiger partial charge in [-0.05, 0) is 58.5 Å². The van der Waals surface area contributed by atoms with Gasteiger partial charge in [0, 0.05) is 19.2 Å². The van der Waals surface area contributed by atoms with E-state index in [0.717, 1.165) is 45.4 Å². The van der Waals surface area contributed by atoms with E-state index in [-0.39, 0.29) is 6.10 Å². The van der Waals surface area contributed by atoms with Crippen LogP contribution >= 0.6 is 0 Å². The molecule has 2 saturated heterocycles. The fourth-order valence-electron chi connectivity index (χ4n) is 3.22. The molecule has 2 fully saturated rings. The van der Waals surface area contributed by atoms with Crippen LogP contribution in [0.1, 0.15) is 51.4 Å². The Kier molecular flexibility index (Phi) is 6.11. The molecule has 1 N–H and O–H groups in total. The first-order chi connectivity index (χ1) is 9.31. The zero-order valence-electron chi connectivity index (χ0n) is 12.2. The third-order valence-corrected chi connectivity index (χ3v) is 4.35. The van der Waals surface area contributed by atoms with E-state index < -0.39 is 0 Å². The minimum Gasteiger partial charge on any atom is -0.378 e. The molecule has 0 aromatic carbocycles. The van der Waals surface area contributed by atoms with Crippen LogP contribution in [0.15, 0.2) is 0 Å². The van der Waals surface area contributed by atoms with Gasteiger partial charge in [-0.3, -0.25) is 4.79 Å². The van der Waals surface area contributed by atoms with E-state index in [1.165, 1.54) is 19.3 Å². The highest BCUT2D eigenvalue weighted by Crippen LogP contribution is 2.23. The fraction of sp³-hybridized carbons (Fsp3) is 0.933. The average molecular weight is 268 g/mol. The summed E-state index contributed by atoms with van der Waals surface area (Å²) in [7, 11) is 1.98. The summed E-state index contributed by atoms with van der Waals surface area (Å²) in [6.07, 6.45) is 8.85. The quantitative estimate of drug-likeness (QED) is 0.828. The molecular weight excluding hydrogens is 240 g/mol. The van der Waals surface area contributed by atoms with Crippen LogP contribution in [0, 0.1) is 0 Å². The Balaban J connectivity index is 1.83. The molecule has 4 nitrogen and oxygen atoms in total. The Bertz CT molecular complexity index is 277. The molecule has 0 aromatic rings. The molecule has 2 unspecified atom stereocenters. The van der Waals surface area contributed by atoms with Gasteiger partial charge in [-0.1, -0.05) is 0 Å². The second-order valence-corrected chi connectivity index (χ2v) is 5.82. The molecule has 19 heavy (non-hydrogen) atoms. The Morgan fingerprint density at radius 1 is 1.26 bits per heavy atom. The normalized spacial score (nSPS) is 28.4. The summed E-state index contributed by atoms with van der Waals surface area (Å²) in [5.74, 6) is 0.313. The minimum absolute atomic E-state index is 0.174. The topological polar surface area (TPSA) is 41.6 Å². The third-order valence-electron chi connectivity index (χ3n) is 4.35. The molecule has 4 heteroatoms. The number of amides is 1. The van der Waals surface area contributed by atoms with Gasteiger partial charge in [0.05, 0.1) is 12.5 Å². The molecule has 2 aliphatic rings. The molecule has 0 aromatic heterocycles. The Hall–Kier alpha value is -0.610. The molecule has 0 radical (unpaired) electrons. The number of hydrogen-bond acceptors (Lipinski definition) is 3. The Morgan fingerprint density at radius 3 is 2.84 bits per heavy atom. The van der Waals surface area contributed by atoms with Crippen LogP contribution in [0.3, 0.4) is 0 Å². The second-order valence-electron chi connectivity index (χ2n) is 5.82. The number of nitrogens with zero attached hydrogens (tertiary/aromatic N) is 1.